The summed E-state index contributed by atoms with van der Waals surface area (Å²) < 4.78 is 6.15. The lowest BCUT2D eigenvalue weighted by Gasteiger charge is -2.08. The van der Waals surface area contributed by atoms with Crippen molar-refractivity contribution in [2.75, 3.05) is 12.4 Å². The average molecular weight is 294 g/mol. The summed E-state index contributed by atoms with van der Waals surface area (Å²) in [4.78, 5) is 8.28. The van der Waals surface area contributed by atoms with Gasteiger partial charge in [-0.15, -0.1) is 0 Å². The van der Waals surface area contributed by atoms with Gasteiger partial charge >= 0.3 is 0 Å². The highest BCUT2D eigenvalue weighted by atomic mass is 79.9. The van der Waals surface area contributed by atoms with E-state index in [0.29, 0.717) is 6.54 Å². The topological polar surface area (TPSA) is 47.0 Å². The maximum absolute atomic E-state index is 5.22. The van der Waals surface area contributed by atoms with Gasteiger partial charge in [-0.05, 0) is 34.1 Å². The Morgan fingerprint density at radius 3 is 2.76 bits per heavy atom. The van der Waals surface area contributed by atoms with Gasteiger partial charge in [-0.2, -0.15) is 0 Å². The molecule has 0 amide bonds. The van der Waals surface area contributed by atoms with Crippen LogP contribution in [0.15, 0.2) is 41.1 Å². The molecule has 0 radical (unpaired) electrons. The van der Waals surface area contributed by atoms with Gasteiger partial charge < -0.3 is 10.1 Å². The molecule has 0 spiro atoms. The molecule has 1 N–H and O–H groups in total. The van der Waals surface area contributed by atoms with Crippen molar-refractivity contribution in [2.45, 2.75) is 6.54 Å². The highest BCUT2D eigenvalue weighted by Crippen LogP contribution is 2.27. The molecule has 0 unspecified atom stereocenters. The van der Waals surface area contributed by atoms with Gasteiger partial charge in [-0.1, -0.05) is 0 Å². The second-order valence-electron chi connectivity index (χ2n) is 3.37. The van der Waals surface area contributed by atoms with Crippen LogP contribution in [0.2, 0.25) is 0 Å². The van der Waals surface area contributed by atoms with E-state index in [-0.39, 0.29) is 0 Å². The Balaban J connectivity index is 2.04. The third-order valence-corrected chi connectivity index (χ3v) is 2.88. The van der Waals surface area contributed by atoms with Gasteiger partial charge in [0.15, 0.2) is 0 Å². The van der Waals surface area contributed by atoms with Gasteiger partial charge in [-0.3, -0.25) is 0 Å². The van der Waals surface area contributed by atoms with Crippen molar-refractivity contribution >= 4 is 21.6 Å². The first-order valence-corrected chi connectivity index (χ1v) is 5.92. The number of nitrogens with one attached hydrogen (secondary N) is 1. The van der Waals surface area contributed by atoms with Gasteiger partial charge in [0.1, 0.15) is 11.6 Å². The fourth-order valence-electron chi connectivity index (χ4n) is 1.37. The Kier molecular flexibility index (Phi) is 3.93. The van der Waals surface area contributed by atoms with Gasteiger partial charge in [0.25, 0.3) is 0 Å². The molecule has 0 saturated carbocycles. The van der Waals surface area contributed by atoms with Crippen LogP contribution in [0.5, 0.6) is 5.75 Å². The number of methoxy groups -OCH3 is 1. The summed E-state index contributed by atoms with van der Waals surface area (Å²) in [5.74, 6) is 1.55. The van der Waals surface area contributed by atoms with E-state index in [1.807, 2.05) is 18.2 Å². The lowest BCUT2D eigenvalue weighted by Crippen LogP contribution is -2.03. The number of aromatic nitrogens is 2. The second-order valence-corrected chi connectivity index (χ2v) is 4.22. The molecule has 1 heterocycles. The molecule has 2 aromatic rings. The smallest absolute Gasteiger partial charge is 0.147 e. The van der Waals surface area contributed by atoms with Crippen LogP contribution in [0.25, 0.3) is 0 Å². The molecule has 0 fully saturated rings. The monoisotopic (exact) mass is 293 g/mol. The quantitative estimate of drug-likeness (QED) is 0.942. The first kappa shape index (κ1) is 11.9. The molecule has 5 heteroatoms. The highest BCUT2D eigenvalue weighted by Gasteiger charge is 2.01. The maximum Gasteiger partial charge on any atom is 0.147 e. The number of anilines is 1. The number of rotatable bonds is 4. The summed E-state index contributed by atoms with van der Waals surface area (Å²) in [5.41, 5.74) is 0.970. The molecular formula is C12H12BrN3O. The van der Waals surface area contributed by atoms with Gasteiger partial charge in [0.05, 0.1) is 18.1 Å². The minimum Gasteiger partial charge on any atom is -0.495 e. The first-order valence-electron chi connectivity index (χ1n) is 5.13. The molecule has 17 heavy (non-hydrogen) atoms. The van der Waals surface area contributed by atoms with E-state index in [1.165, 1.54) is 0 Å². The van der Waals surface area contributed by atoms with Crippen LogP contribution in [0.1, 0.15) is 5.82 Å². The third-order valence-electron chi connectivity index (χ3n) is 2.22. The molecule has 4 nitrogen and oxygen atoms in total. The van der Waals surface area contributed by atoms with Crippen LogP contribution in [0.4, 0.5) is 5.69 Å². The average Bonchev–Trinajstić information content (AvgIpc) is 2.39. The summed E-state index contributed by atoms with van der Waals surface area (Å²) in [6.07, 6.45) is 3.46. The molecule has 2 rings (SSSR count). The SMILES string of the molecule is COc1cc(NCc2ncccn2)ccc1Br. The third kappa shape index (κ3) is 3.17. The zero-order valence-corrected chi connectivity index (χ0v) is 10.9. The van der Waals surface area contributed by atoms with Crippen molar-refractivity contribution in [3.63, 3.8) is 0 Å². The molecule has 0 saturated heterocycles. The van der Waals surface area contributed by atoms with E-state index in [4.69, 9.17) is 4.74 Å². The van der Waals surface area contributed by atoms with Crippen LogP contribution in [-0.4, -0.2) is 17.1 Å². The second kappa shape index (κ2) is 5.63. The summed E-state index contributed by atoms with van der Waals surface area (Å²) in [7, 11) is 1.64. The van der Waals surface area contributed by atoms with Gasteiger partial charge in [-0.25, -0.2) is 9.97 Å². The molecule has 0 aliphatic rings. The molecule has 0 aliphatic carbocycles. The Labute approximate surface area is 108 Å². The number of benzene rings is 1. The molecular weight excluding hydrogens is 282 g/mol. The predicted molar refractivity (Wildman–Crippen MR) is 70.1 cm³/mol. The molecule has 1 aromatic carbocycles. The molecule has 0 bridgehead atoms. The Bertz CT molecular complexity index is 490. The minimum absolute atomic E-state index is 0.589. The number of halogens is 1. The van der Waals surface area contributed by atoms with Crippen molar-refractivity contribution in [1.82, 2.24) is 9.97 Å². The molecule has 1 aromatic heterocycles. The summed E-state index contributed by atoms with van der Waals surface area (Å²) in [6.45, 7) is 0.589. The highest BCUT2D eigenvalue weighted by molar-refractivity contribution is 9.10. The zero-order valence-electron chi connectivity index (χ0n) is 9.35. The fourth-order valence-corrected chi connectivity index (χ4v) is 1.78. The summed E-state index contributed by atoms with van der Waals surface area (Å²) >= 11 is 3.41. The molecule has 88 valence electrons. The number of ether oxygens (including phenoxy) is 1. The predicted octanol–water partition coefficient (Wildman–Crippen LogP) is 2.86. The van der Waals surface area contributed by atoms with E-state index >= 15 is 0 Å². The standard InChI is InChI=1S/C12H12BrN3O/c1-17-11-7-9(3-4-10(11)13)16-8-12-14-5-2-6-15-12/h2-7,16H,8H2,1H3. The Morgan fingerprint density at radius 2 is 2.06 bits per heavy atom. The molecule has 0 aliphatic heterocycles. The van der Waals surface area contributed by atoms with E-state index in [0.717, 1.165) is 21.7 Å². The number of hydrogen-bond donors (Lipinski definition) is 1. The zero-order chi connectivity index (χ0) is 12.1. The Hall–Kier alpha value is -1.62. The van der Waals surface area contributed by atoms with E-state index < -0.39 is 0 Å². The summed E-state index contributed by atoms with van der Waals surface area (Å²) in [6, 6.07) is 7.63. The van der Waals surface area contributed by atoms with Crippen LogP contribution < -0.4 is 10.1 Å². The number of nitrogens with zero attached hydrogens (tertiary/aromatic N) is 2. The van der Waals surface area contributed by atoms with Crippen molar-refractivity contribution in [1.29, 1.82) is 0 Å². The molecule has 0 atom stereocenters. The van der Waals surface area contributed by atoms with Crippen LogP contribution in [0, 0.1) is 0 Å². The van der Waals surface area contributed by atoms with Crippen LogP contribution in [0.3, 0.4) is 0 Å². The first-order chi connectivity index (χ1) is 8.29. The van der Waals surface area contributed by atoms with E-state index in [1.54, 1.807) is 25.6 Å². The largest absolute Gasteiger partial charge is 0.495 e. The van der Waals surface area contributed by atoms with E-state index in [2.05, 4.69) is 31.2 Å². The van der Waals surface area contributed by atoms with Crippen molar-refractivity contribution in [2.24, 2.45) is 0 Å². The Morgan fingerprint density at radius 1 is 1.29 bits per heavy atom. The lowest BCUT2D eigenvalue weighted by atomic mass is 10.3. The van der Waals surface area contributed by atoms with Crippen molar-refractivity contribution in [3.8, 4) is 5.75 Å². The maximum atomic E-state index is 5.22. The summed E-state index contributed by atoms with van der Waals surface area (Å²) in [5, 5.41) is 3.24. The fraction of sp³-hybridized carbons (Fsp3) is 0.167. The minimum atomic E-state index is 0.589. The van der Waals surface area contributed by atoms with Crippen molar-refractivity contribution < 1.29 is 4.74 Å². The van der Waals surface area contributed by atoms with Crippen LogP contribution >= 0.6 is 15.9 Å². The lowest BCUT2D eigenvalue weighted by molar-refractivity contribution is 0.412. The van der Waals surface area contributed by atoms with Crippen LogP contribution in [-0.2, 0) is 6.54 Å². The van der Waals surface area contributed by atoms with Gasteiger partial charge in [0.2, 0.25) is 0 Å². The number of hydrogen-bond acceptors (Lipinski definition) is 4. The van der Waals surface area contributed by atoms with E-state index in [9.17, 15) is 0 Å². The van der Waals surface area contributed by atoms with Gasteiger partial charge in [0, 0.05) is 24.1 Å². The van der Waals surface area contributed by atoms with Crippen molar-refractivity contribution in [3.05, 3.63) is 47.0 Å². The normalized spacial score (nSPS) is 10.0.